The van der Waals surface area contributed by atoms with Crippen LogP contribution in [0.1, 0.15) is 46.6 Å². The highest BCUT2D eigenvalue weighted by Crippen LogP contribution is 2.25. The number of carboxylic acids is 1. The van der Waals surface area contributed by atoms with Crippen LogP contribution in [0.3, 0.4) is 0 Å². The Labute approximate surface area is 242 Å². The molecule has 2 aliphatic heterocycles. The summed E-state index contributed by atoms with van der Waals surface area (Å²) in [7, 11) is 0. The third-order valence-corrected chi connectivity index (χ3v) is 7.84. The highest BCUT2D eigenvalue weighted by Gasteiger charge is 2.25. The third-order valence-electron chi connectivity index (χ3n) is 7.84. The summed E-state index contributed by atoms with van der Waals surface area (Å²) in [5, 5.41) is 21.9. The second-order valence-corrected chi connectivity index (χ2v) is 10.7. The van der Waals surface area contributed by atoms with Gasteiger partial charge in [-0.3, -0.25) is 4.90 Å². The van der Waals surface area contributed by atoms with Crippen molar-refractivity contribution in [3.63, 3.8) is 0 Å². The normalized spacial score (nSPS) is 17.5. The van der Waals surface area contributed by atoms with Gasteiger partial charge in [-0.05, 0) is 55.7 Å². The van der Waals surface area contributed by atoms with Gasteiger partial charge in [-0.1, -0.05) is 12.1 Å². The fourth-order valence-electron chi connectivity index (χ4n) is 5.37. The van der Waals surface area contributed by atoms with Gasteiger partial charge in [0.1, 0.15) is 24.1 Å². The van der Waals surface area contributed by atoms with Crippen LogP contribution in [0.25, 0.3) is 11.0 Å². The second-order valence-electron chi connectivity index (χ2n) is 10.7. The number of nitrogens with zero attached hydrogens (tertiary/aromatic N) is 5. The topological polar surface area (TPSA) is 126 Å². The van der Waals surface area contributed by atoms with Gasteiger partial charge in [-0.25, -0.2) is 14.2 Å². The van der Waals surface area contributed by atoms with E-state index in [4.69, 9.17) is 19.7 Å². The largest absolute Gasteiger partial charge is 0.478 e. The van der Waals surface area contributed by atoms with Crippen molar-refractivity contribution >= 4 is 22.8 Å². The van der Waals surface area contributed by atoms with Gasteiger partial charge >= 0.3 is 5.97 Å². The fraction of sp³-hybridized carbons (Fsp3) is 0.355. The molecule has 2 saturated heterocycles. The summed E-state index contributed by atoms with van der Waals surface area (Å²) in [6, 6.07) is 17.0. The monoisotopic (exact) mass is 570 g/mol. The van der Waals surface area contributed by atoms with Crippen LogP contribution in [0.2, 0.25) is 0 Å². The molecule has 2 aromatic heterocycles. The van der Waals surface area contributed by atoms with E-state index in [0.717, 1.165) is 55.8 Å². The Bertz CT molecular complexity index is 1640. The van der Waals surface area contributed by atoms with E-state index in [1.165, 1.54) is 6.07 Å². The van der Waals surface area contributed by atoms with Gasteiger partial charge in [0.05, 0.1) is 47.4 Å². The number of fused-ring (bicyclic) bond motifs is 1. The molecule has 0 spiro atoms. The zero-order valence-electron chi connectivity index (χ0n) is 23.0. The number of anilines is 1. The zero-order valence-corrected chi connectivity index (χ0v) is 23.0. The first-order valence-electron chi connectivity index (χ1n) is 14.1. The standard InChI is InChI=1S/C31H31FN6O4/c32-25-14-20(16-33)4-5-22(25)19-42-30-3-1-2-28(36-30)34-23-8-11-37(12-9-23)18-29-35-26-7-6-21(31(39)40)15-27(26)38(29)17-24-10-13-41-24/h1-7,14-15,23-24H,8-13,17-19H2,(H,34,36)(H,39,40)/t24-/m0/s1. The Morgan fingerprint density at radius 2 is 1.98 bits per heavy atom. The highest BCUT2D eigenvalue weighted by atomic mass is 19.1. The van der Waals surface area contributed by atoms with Gasteiger partial charge in [0.2, 0.25) is 5.88 Å². The smallest absolute Gasteiger partial charge is 0.335 e. The molecule has 216 valence electrons. The molecule has 0 unspecified atom stereocenters. The predicted octanol–water partition coefficient (Wildman–Crippen LogP) is 4.58. The number of rotatable bonds is 10. The lowest BCUT2D eigenvalue weighted by atomic mass is 10.1. The van der Waals surface area contributed by atoms with Gasteiger partial charge in [0, 0.05) is 37.4 Å². The van der Waals surface area contributed by atoms with Crippen LogP contribution >= 0.6 is 0 Å². The molecule has 6 rings (SSSR count). The summed E-state index contributed by atoms with van der Waals surface area (Å²) in [6.07, 6.45) is 2.94. The molecule has 0 amide bonds. The number of carboxylic acid groups (broad SMARTS) is 1. The van der Waals surface area contributed by atoms with Crippen LogP contribution in [-0.2, 0) is 24.4 Å². The number of aromatic nitrogens is 3. The molecule has 0 saturated carbocycles. The fourth-order valence-corrected chi connectivity index (χ4v) is 5.37. The maximum absolute atomic E-state index is 14.2. The van der Waals surface area contributed by atoms with Gasteiger partial charge in [0.25, 0.3) is 0 Å². The molecule has 2 N–H and O–H groups in total. The van der Waals surface area contributed by atoms with Crippen LogP contribution in [0.4, 0.5) is 10.2 Å². The highest BCUT2D eigenvalue weighted by molar-refractivity contribution is 5.92. The van der Waals surface area contributed by atoms with E-state index < -0.39 is 11.8 Å². The van der Waals surface area contributed by atoms with E-state index in [1.54, 1.807) is 36.4 Å². The predicted molar refractivity (Wildman–Crippen MR) is 153 cm³/mol. The van der Waals surface area contributed by atoms with E-state index in [1.807, 2.05) is 18.2 Å². The molecule has 2 fully saturated rings. The SMILES string of the molecule is N#Cc1ccc(COc2cccc(NC3CCN(Cc4nc5ccc(C(=O)O)cc5n4C[C@@H]4CCO4)CC3)n2)c(F)c1. The Morgan fingerprint density at radius 1 is 1.14 bits per heavy atom. The van der Waals surface area contributed by atoms with Crippen LogP contribution in [0.15, 0.2) is 54.6 Å². The first-order valence-corrected chi connectivity index (χ1v) is 14.1. The molecule has 1 atom stereocenters. The van der Waals surface area contributed by atoms with Crippen molar-refractivity contribution in [1.82, 2.24) is 19.4 Å². The number of benzene rings is 2. The number of hydrogen-bond donors (Lipinski definition) is 2. The number of pyridine rings is 1. The van der Waals surface area contributed by atoms with Crippen molar-refractivity contribution in [2.75, 3.05) is 25.0 Å². The van der Waals surface area contributed by atoms with Crippen molar-refractivity contribution < 1.29 is 23.8 Å². The number of ether oxygens (including phenoxy) is 2. The summed E-state index contributed by atoms with van der Waals surface area (Å²) in [5.74, 6) is 0.573. The first kappa shape index (κ1) is 27.6. The molecule has 10 nitrogen and oxygen atoms in total. The number of likely N-dealkylation sites (tertiary alicyclic amines) is 1. The summed E-state index contributed by atoms with van der Waals surface area (Å²) < 4.78 is 27.7. The molecular weight excluding hydrogens is 539 g/mol. The van der Waals surface area contributed by atoms with Crippen LogP contribution < -0.4 is 10.1 Å². The molecule has 0 radical (unpaired) electrons. The first-order chi connectivity index (χ1) is 20.4. The molecule has 0 aliphatic carbocycles. The van der Waals surface area contributed by atoms with Gasteiger partial charge < -0.3 is 24.5 Å². The third kappa shape index (κ3) is 6.20. The lowest BCUT2D eigenvalue weighted by Crippen LogP contribution is -2.39. The number of nitriles is 1. The van der Waals surface area contributed by atoms with Crippen molar-refractivity contribution in [3.05, 3.63) is 82.9 Å². The number of halogens is 1. The van der Waals surface area contributed by atoms with Crippen LogP contribution in [0.5, 0.6) is 5.88 Å². The van der Waals surface area contributed by atoms with Gasteiger partial charge in [-0.2, -0.15) is 10.2 Å². The summed E-state index contributed by atoms with van der Waals surface area (Å²) >= 11 is 0. The maximum Gasteiger partial charge on any atom is 0.335 e. The lowest BCUT2D eigenvalue weighted by Gasteiger charge is -2.33. The zero-order chi connectivity index (χ0) is 29.1. The van der Waals surface area contributed by atoms with E-state index in [2.05, 4.69) is 19.8 Å². The summed E-state index contributed by atoms with van der Waals surface area (Å²) in [5.41, 5.74) is 2.50. The second kappa shape index (κ2) is 12.1. The Kier molecular flexibility index (Phi) is 7.99. The lowest BCUT2D eigenvalue weighted by molar-refractivity contribution is -0.0592. The van der Waals surface area contributed by atoms with Crippen molar-refractivity contribution in [2.45, 2.75) is 51.1 Å². The average molecular weight is 571 g/mol. The molecule has 11 heteroatoms. The molecular formula is C31H31FN6O4. The number of hydrogen-bond acceptors (Lipinski definition) is 8. The number of piperidine rings is 1. The summed E-state index contributed by atoms with van der Waals surface area (Å²) in [4.78, 5) is 23.3. The minimum atomic E-state index is -0.951. The Balaban J connectivity index is 1.06. The van der Waals surface area contributed by atoms with Crippen LogP contribution in [-0.4, -0.2) is 62.4 Å². The molecule has 0 bridgehead atoms. The Hall–Kier alpha value is -4.53. The molecule has 2 aliphatic rings. The molecule has 4 heterocycles. The minimum Gasteiger partial charge on any atom is -0.478 e. The molecule has 4 aromatic rings. The quantitative estimate of drug-likeness (QED) is 0.282. The van der Waals surface area contributed by atoms with Crippen molar-refractivity contribution in [2.24, 2.45) is 0 Å². The van der Waals surface area contributed by atoms with Gasteiger partial charge in [-0.15, -0.1) is 0 Å². The maximum atomic E-state index is 14.2. The number of nitrogens with one attached hydrogen (secondary N) is 1. The van der Waals surface area contributed by atoms with E-state index in [-0.39, 0.29) is 29.9 Å². The molecule has 2 aromatic carbocycles. The van der Waals surface area contributed by atoms with E-state index in [0.29, 0.717) is 30.4 Å². The minimum absolute atomic E-state index is 0.0155. The molecule has 42 heavy (non-hydrogen) atoms. The van der Waals surface area contributed by atoms with Gasteiger partial charge in [0.15, 0.2) is 0 Å². The number of aromatic carboxylic acids is 1. The van der Waals surface area contributed by atoms with E-state index >= 15 is 0 Å². The van der Waals surface area contributed by atoms with Crippen molar-refractivity contribution in [1.29, 1.82) is 5.26 Å². The van der Waals surface area contributed by atoms with Crippen molar-refractivity contribution in [3.8, 4) is 11.9 Å². The summed E-state index contributed by atoms with van der Waals surface area (Å²) in [6.45, 7) is 3.85. The van der Waals surface area contributed by atoms with E-state index in [9.17, 15) is 14.3 Å². The van der Waals surface area contributed by atoms with Crippen LogP contribution in [0, 0.1) is 17.1 Å². The Morgan fingerprint density at radius 3 is 2.69 bits per heavy atom. The number of carbonyl (C=O) groups is 1. The average Bonchev–Trinajstić information content (AvgIpc) is 3.31. The number of imidazole rings is 1.